The third-order valence-corrected chi connectivity index (χ3v) is 3.33. The number of rotatable bonds is 7. The summed E-state index contributed by atoms with van der Waals surface area (Å²) >= 11 is 0. The van der Waals surface area contributed by atoms with Crippen molar-refractivity contribution in [2.75, 3.05) is 18.0 Å². The number of nitrogens with one attached hydrogen (secondary N) is 1. The van der Waals surface area contributed by atoms with Crippen LogP contribution in [0.25, 0.3) is 0 Å². The zero-order chi connectivity index (χ0) is 14.4. The molecule has 1 heterocycles. The Morgan fingerprint density at radius 2 is 2.00 bits per heavy atom. The second kappa shape index (κ2) is 6.75. The van der Waals surface area contributed by atoms with Gasteiger partial charge in [0.2, 0.25) is 0 Å². The lowest BCUT2D eigenvalue weighted by atomic mass is 10.2. The van der Waals surface area contributed by atoms with Crippen LogP contribution < -0.4 is 10.6 Å². The van der Waals surface area contributed by atoms with Gasteiger partial charge in [-0.1, -0.05) is 18.2 Å². The van der Waals surface area contributed by atoms with Crippen molar-refractivity contribution in [2.45, 2.75) is 12.8 Å². The molecule has 0 radical (unpaired) electrons. The lowest BCUT2D eigenvalue weighted by molar-refractivity contribution is 0.687. The van der Waals surface area contributed by atoms with Gasteiger partial charge in [0.1, 0.15) is 0 Å². The molecule has 0 aliphatic rings. The first kappa shape index (κ1) is 14.1. The molecule has 0 bridgehead atoms. The third-order valence-electron chi connectivity index (χ3n) is 3.33. The van der Waals surface area contributed by atoms with Crippen LogP contribution in [0.1, 0.15) is 12.1 Å². The van der Waals surface area contributed by atoms with Crippen LogP contribution in [-0.4, -0.2) is 28.7 Å². The molecular formula is C15H21N5. The Labute approximate surface area is 119 Å². The maximum atomic E-state index is 7.39. The predicted molar refractivity (Wildman–Crippen MR) is 82.1 cm³/mol. The maximum Gasteiger partial charge on any atom is 0.0923 e. The molecule has 5 heteroatoms. The highest BCUT2D eigenvalue weighted by Gasteiger charge is 2.08. The first-order chi connectivity index (χ1) is 9.66. The monoisotopic (exact) mass is 271 g/mol. The molecule has 0 saturated heterocycles. The van der Waals surface area contributed by atoms with Crippen LogP contribution in [0.4, 0.5) is 5.69 Å². The number of anilines is 1. The fraction of sp³-hybridized carbons (Fsp3) is 0.333. The van der Waals surface area contributed by atoms with Gasteiger partial charge in [-0.25, -0.2) is 0 Å². The third kappa shape index (κ3) is 3.85. The van der Waals surface area contributed by atoms with Gasteiger partial charge in [0.05, 0.1) is 5.84 Å². The van der Waals surface area contributed by atoms with Crippen LogP contribution in [0.5, 0.6) is 0 Å². The van der Waals surface area contributed by atoms with Crippen LogP contribution in [0.2, 0.25) is 0 Å². The highest BCUT2D eigenvalue weighted by atomic mass is 15.3. The lowest BCUT2D eigenvalue weighted by Gasteiger charge is -2.24. The molecule has 0 saturated carbocycles. The van der Waals surface area contributed by atoms with Crippen molar-refractivity contribution in [2.24, 2.45) is 12.8 Å². The number of aryl methyl sites for hydroxylation is 1. The van der Waals surface area contributed by atoms with E-state index in [1.807, 2.05) is 42.2 Å². The minimum atomic E-state index is 0.228. The molecule has 0 atom stereocenters. The zero-order valence-corrected chi connectivity index (χ0v) is 11.8. The largest absolute Gasteiger partial charge is 0.388 e. The molecule has 0 amide bonds. The number of nitrogens with zero attached hydrogens (tertiary/aromatic N) is 3. The van der Waals surface area contributed by atoms with Gasteiger partial charge in [-0.15, -0.1) is 0 Å². The van der Waals surface area contributed by atoms with Crippen molar-refractivity contribution in [3.8, 4) is 0 Å². The zero-order valence-electron chi connectivity index (χ0n) is 11.8. The van der Waals surface area contributed by atoms with Gasteiger partial charge in [-0.05, 0) is 18.2 Å². The maximum absolute atomic E-state index is 7.39. The smallest absolute Gasteiger partial charge is 0.0923 e. The van der Waals surface area contributed by atoms with Gasteiger partial charge >= 0.3 is 0 Å². The van der Waals surface area contributed by atoms with E-state index in [9.17, 15) is 0 Å². The highest BCUT2D eigenvalue weighted by molar-refractivity contribution is 5.77. The Bertz CT molecular complexity index is 546. The second-order valence-corrected chi connectivity index (χ2v) is 4.79. The van der Waals surface area contributed by atoms with Gasteiger partial charge in [0.15, 0.2) is 0 Å². The molecule has 20 heavy (non-hydrogen) atoms. The fourth-order valence-corrected chi connectivity index (χ4v) is 2.16. The van der Waals surface area contributed by atoms with E-state index in [0.717, 1.165) is 25.2 Å². The van der Waals surface area contributed by atoms with Crippen molar-refractivity contribution >= 4 is 11.5 Å². The Morgan fingerprint density at radius 1 is 1.25 bits per heavy atom. The van der Waals surface area contributed by atoms with Crippen molar-refractivity contribution in [1.82, 2.24) is 9.78 Å². The van der Waals surface area contributed by atoms with Gasteiger partial charge < -0.3 is 10.6 Å². The van der Waals surface area contributed by atoms with E-state index < -0.39 is 0 Å². The van der Waals surface area contributed by atoms with Crippen LogP contribution in [0.15, 0.2) is 42.6 Å². The van der Waals surface area contributed by atoms with E-state index in [4.69, 9.17) is 11.1 Å². The van der Waals surface area contributed by atoms with E-state index in [2.05, 4.69) is 22.1 Å². The molecule has 0 unspecified atom stereocenters. The molecule has 0 spiro atoms. The molecule has 2 rings (SSSR count). The van der Waals surface area contributed by atoms with Gasteiger partial charge in [-0.3, -0.25) is 10.1 Å². The van der Waals surface area contributed by atoms with E-state index >= 15 is 0 Å². The number of amidine groups is 1. The van der Waals surface area contributed by atoms with E-state index in [-0.39, 0.29) is 5.84 Å². The molecule has 1 aromatic heterocycles. The average Bonchev–Trinajstić information content (AvgIpc) is 2.85. The number of nitrogens with two attached hydrogens (primary N) is 1. The van der Waals surface area contributed by atoms with Crippen molar-refractivity contribution in [3.05, 3.63) is 48.3 Å². The van der Waals surface area contributed by atoms with Crippen LogP contribution in [-0.2, 0) is 13.5 Å². The van der Waals surface area contributed by atoms with Crippen molar-refractivity contribution in [1.29, 1.82) is 5.41 Å². The standard InChI is InChI=1S/C15H21N5/c1-19-13(7-10-18-19)8-11-20(12-9-15(16)17)14-5-3-2-4-6-14/h2-7,10H,8-9,11-12H2,1H3,(H3,16,17). The number of aromatic nitrogens is 2. The van der Waals surface area contributed by atoms with Gasteiger partial charge in [-0.2, -0.15) is 5.10 Å². The first-order valence-corrected chi connectivity index (χ1v) is 6.76. The molecule has 0 aliphatic heterocycles. The van der Waals surface area contributed by atoms with Crippen molar-refractivity contribution in [3.63, 3.8) is 0 Å². The van der Waals surface area contributed by atoms with E-state index in [1.54, 1.807) is 0 Å². The molecule has 0 aliphatic carbocycles. The summed E-state index contributed by atoms with van der Waals surface area (Å²) in [6.45, 7) is 1.65. The van der Waals surface area contributed by atoms with Gasteiger partial charge in [0.25, 0.3) is 0 Å². The first-order valence-electron chi connectivity index (χ1n) is 6.76. The van der Waals surface area contributed by atoms with Crippen molar-refractivity contribution < 1.29 is 0 Å². The minimum Gasteiger partial charge on any atom is -0.388 e. The van der Waals surface area contributed by atoms with Crippen LogP contribution >= 0.6 is 0 Å². The Kier molecular flexibility index (Phi) is 4.76. The second-order valence-electron chi connectivity index (χ2n) is 4.79. The van der Waals surface area contributed by atoms with E-state index in [0.29, 0.717) is 6.42 Å². The number of benzene rings is 1. The summed E-state index contributed by atoms with van der Waals surface area (Å²) in [4.78, 5) is 2.26. The quantitative estimate of drug-likeness (QED) is 0.596. The predicted octanol–water partition coefficient (Wildman–Crippen LogP) is 1.80. The number of para-hydroxylation sites is 1. The molecule has 0 fully saturated rings. The Hall–Kier alpha value is -2.30. The molecular weight excluding hydrogens is 250 g/mol. The molecule has 106 valence electrons. The summed E-state index contributed by atoms with van der Waals surface area (Å²) in [6, 6.07) is 12.3. The summed E-state index contributed by atoms with van der Waals surface area (Å²) in [5.74, 6) is 0.228. The summed E-state index contributed by atoms with van der Waals surface area (Å²) in [5, 5.41) is 11.6. The Balaban J connectivity index is 2.03. The van der Waals surface area contributed by atoms with Crippen LogP contribution in [0.3, 0.4) is 0 Å². The average molecular weight is 271 g/mol. The van der Waals surface area contributed by atoms with Crippen LogP contribution in [0, 0.1) is 5.41 Å². The van der Waals surface area contributed by atoms with Gasteiger partial charge in [0, 0.05) is 50.6 Å². The summed E-state index contributed by atoms with van der Waals surface area (Å²) in [5.41, 5.74) is 7.84. The molecule has 1 aromatic carbocycles. The SMILES string of the molecule is Cn1nccc1CCN(CCC(=N)N)c1ccccc1. The summed E-state index contributed by atoms with van der Waals surface area (Å²) < 4.78 is 1.90. The lowest BCUT2D eigenvalue weighted by Crippen LogP contribution is -2.30. The molecule has 3 N–H and O–H groups in total. The fourth-order valence-electron chi connectivity index (χ4n) is 2.16. The number of hydrogen-bond donors (Lipinski definition) is 2. The molecule has 5 nitrogen and oxygen atoms in total. The number of hydrogen-bond acceptors (Lipinski definition) is 3. The van der Waals surface area contributed by atoms with E-state index in [1.165, 1.54) is 5.69 Å². The topological polar surface area (TPSA) is 70.9 Å². The summed E-state index contributed by atoms with van der Waals surface area (Å²) in [6.07, 6.45) is 3.32. The summed E-state index contributed by atoms with van der Waals surface area (Å²) in [7, 11) is 1.96. The molecule has 2 aromatic rings. The minimum absolute atomic E-state index is 0.228. The highest BCUT2D eigenvalue weighted by Crippen LogP contribution is 2.14. The normalized spacial score (nSPS) is 10.4. The Morgan fingerprint density at radius 3 is 2.60 bits per heavy atom.